The van der Waals surface area contributed by atoms with E-state index in [2.05, 4.69) is 15.9 Å². The Morgan fingerprint density at radius 3 is 2.52 bits per heavy atom. The molecule has 5 heteroatoms. The van der Waals surface area contributed by atoms with Gasteiger partial charge < -0.3 is 9.64 Å². The van der Waals surface area contributed by atoms with Gasteiger partial charge in [-0.05, 0) is 42.8 Å². The van der Waals surface area contributed by atoms with Crippen LogP contribution in [0.15, 0.2) is 53.0 Å². The lowest BCUT2D eigenvalue weighted by Crippen LogP contribution is -2.42. The number of carbonyl (C=O) groups is 1. The molecule has 25 heavy (non-hydrogen) atoms. The van der Waals surface area contributed by atoms with Crippen molar-refractivity contribution >= 4 is 32.7 Å². The number of rotatable bonds is 3. The summed E-state index contributed by atoms with van der Waals surface area (Å²) in [6.45, 7) is 1.64. The lowest BCUT2D eigenvalue weighted by atomic mass is 10.0. The normalized spacial score (nSPS) is 13.6. The number of halogens is 1. The maximum absolute atomic E-state index is 12.9. The van der Waals surface area contributed by atoms with Gasteiger partial charge in [-0.3, -0.25) is 4.79 Å². The fourth-order valence-corrected chi connectivity index (χ4v) is 3.23. The zero-order chi connectivity index (χ0) is 17.4. The molecule has 0 radical (unpaired) electrons. The number of likely N-dealkylation sites (tertiary alicyclic amines) is 1. The topological polar surface area (TPSA) is 42.4 Å². The minimum Gasteiger partial charge on any atom is -0.497 e. The van der Waals surface area contributed by atoms with Crippen molar-refractivity contribution in [2.24, 2.45) is 0 Å². The summed E-state index contributed by atoms with van der Waals surface area (Å²) in [6, 6.07) is 15.5. The van der Waals surface area contributed by atoms with Crippen LogP contribution < -0.4 is 4.74 Å². The fraction of sp³-hybridized carbons (Fsp3) is 0.200. The van der Waals surface area contributed by atoms with E-state index in [4.69, 9.17) is 9.72 Å². The smallest absolute Gasteiger partial charge is 0.254 e. The summed E-state index contributed by atoms with van der Waals surface area (Å²) in [5.41, 5.74) is 3.26. The fourth-order valence-electron chi connectivity index (χ4n) is 2.97. The van der Waals surface area contributed by atoms with E-state index in [9.17, 15) is 4.79 Å². The molecule has 1 saturated heterocycles. The van der Waals surface area contributed by atoms with Crippen LogP contribution in [0.2, 0.25) is 0 Å². The molecule has 1 amide bonds. The van der Waals surface area contributed by atoms with E-state index in [1.165, 1.54) is 0 Å². The lowest BCUT2D eigenvalue weighted by molar-refractivity contribution is 0.0654. The molecule has 1 aliphatic heterocycles. The van der Waals surface area contributed by atoms with Gasteiger partial charge in [0.2, 0.25) is 0 Å². The molecule has 4 nitrogen and oxygen atoms in total. The summed E-state index contributed by atoms with van der Waals surface area (Å²) >= 11 is 3.45. The number of fused-ring (bicyclic) bond motifs is 1. The van der Waals surface area contributed by atoms with Gasteiger partial charge in [0.15, 0.2) is 0 Å². The molecule has 1 fully saturated rings. The number of methoxy groups -OCH3 is 1. The Morgan fingerprint density at radius 1 is 1.12 bits per heavy atom. The first kappa shape index (κ1) is 16.1. The van der Waals surface area contributed by atoms with Gasteiger partial charge in [0.05, 0.1) is 23.9 Å². The van der Waals surface area contributed by atoms with Crippen LogP contribution in [-0.4, -0.2) is 36.0 Å². The van der Waals surface area contributed by atoms with E-state index in [1.54, 1.807) is 7.11 Å². The Kier molecular flexibility index (Phi) is 4.17. The third kappa shape index (κ3) is 3.00. The number of carbonyl (C=O) groups excluding carboxylic acids is 1. The summed E-state index contributed by atoms with van der Waals surface area (Å²) < 4.78 is 6.34. The maximum atomic E-state index is 12.9. The first-order valence-corrected chi connectivity index (χ1v) is 8.99. The minimum absolute atomic E-state index is 0.0604. The highest BCUT2D eigenvalue weighted by molar-refractivity contribution is 9.10. The first-order chi connectivity index (χ1) is 12.2. The van der Waals surface area contributed by atoms with Gasteiger partial charge in [-0.1, -0.05) is 28.1 Å². The van der Waals surface area contributed by atoms with Gasteiger partial charge in [0.25, 0.3) is 5.91 Å². The minimum atomic E-state index is 0.0604. The second-order valence-electron chi connectivity index (χ2n) is 6.09. The number of aromatic nitrogens is 1. The van der Waals surface area contributed by atoms with E-state index in [0.717, 1.165) is 51.9 Å². The monoisotopic (exact) mass is 396 g/mol. The van der Waals surface area contributed by atoms with E-state index in [-0.39, 0.29) is 5.91 Å². The van der Waals surface area contributed by atoms with Crippen LogP contribution in [0, 0.1) is 0 Å². The second-order valence-corrected chi connectivity index (χ2v) is 7.01. The van der Waals surface area contributed by atoms with Crippen LogP contribution in [0.25, 0.3) is 22.2 Å². The molecule has 0 bridgehead atoms. The number of nitrogens with zero attached hydrogens (tertiary/aromatic N) is 2. The van der Waals surface area contributed by atoms with Crippen LogP contribution in [0.4, 0.5) is 0 Å². The van der Waals surface area contributed by atoms with E-state index in [1.807, 2.05) is 53.4 Å². The maximum Gasteiger partial charge on any atom is 0.254 e. The standard InChI is InChI=1S/C20H17BrN2O2/c1-25-15-7-8-18-16(11-15)17(20(24)23-9-2-10-23)12-19(22-18)13-3-5-14(21)6-4-13/h3-8,11-12H,2,9-10H2,1H3. The van der Waals surface area contributed by atoms with E-state index < -0.39 is 0 Å². The van der Waals surface area contributed by atoms with Crippen LogP contribution in [0.1, 0.15) is 16.8 Å². The molecule has 2 heterocycles. The molecule has 126 valence electrons. The summed E-state index contributed by atoms with van der Waals surface area (Å²) in [4.78, 5) is 19.6. The lowest BCUT2D eigenvalue weighted by Gasteiger charge is -2.31. The van der Waals surface area contributed by atoms with Gasteiger partial charge in [-0.2, -0.15) is 0 Å². The highest BCUT2D eigenvalue weighted by atomic mass is 79.9. The van der Waals surface area contributed by atoms with Crippen LogP contribution in [0.3, 0.4) is 0 Å². The first-order valence-electron chi connectivity index (χ1n) is 8.20. The number of hydrogen-bond donors (Lipinski definition) is 0. The van der Waals surface area contributed by atoms with Crippen molar-refractivity contribution in [2.75, 3.05) is 20.2 Å². The zero-order valence-corrected chi connectivity index (χ0v) is 15.4. The highest BCUT2D eigenvalue weighted by Gasteiger charge is 2.24. The third-order valence-electron chi connectivity index (χ3n) is 4.53. The molecule has 2 aromatic carbocycles. The molecule has 3 aromatic rings. The Morgan fingerprint density at radius 2 is 1.88 bits per heavy atom. The molecule has 0 unspecified atom stereocenters. The molecule has 0 N–H and O–H groups in total. The van der Waals surface area contributed by atoms with Crippen LogP contribution in [-0.2, 0) is 0 Å². The Hall–Kier alpha value is -2.40. The zero-order valence-electron chi connectivity index (χ0n) is 13.8. The predicted octanol–water partition coefficient (Wildman–Crippen LogP) is 4.52. The van der Waals surface area contributed by atoms with Crippen molar-refractivity contribution in [3.63, 3.8) is 0 Å². The Balaban J connectivity index is 1.90. The largest absolute Gasteiger partial charge is 0.497 e. The average molecular weight is 397 g/mol. The number of ether oxygens (including phenoxy) is 1. The quantitative estimate of drug-likeness (QED) is 0.653. The molecular weight excluding hydrogens is 380 g/mol. The van der Waals surface area contributed by atoms with Crippen molar-refractivity contribution in [1.82, 2.24) is 9.88 Å². The SMILES string of the molecule is COc1ccc2nc(-c3ccc(Br)cc3)cc(C(=O)N3CCC3)c2c1. The summed E-state index contributed by atoms with van der Waals surface area (Å²) in [5, 5.41) is 0.831. The van der Waals surface area contributed by atoms with Crippen LogP contribution in [0.5, 0.6) is 5.75 Å². The molecular formula is C20H17BrN2O2. The number of amides is 1. The predicted molar refractivity (Wildman–Crippen MR) is 102 cm³/mol. The van der Waals surface area contributed by atoms with Crippen LogP contribution >= 0.6 is 15.9 Å². The van der Waals surface area contributed by atoms with Gasteiger partial charge in [0, 0.05) is 28.5 Å². The summed E-state index contributed by atoms with van der Waals surface area (Å²) in [5.74, 6) is 0.786. The molecule has 0 saturated carbocycles. The number of hydrogen-bond acceptors (Lipinski definition) is 3. The molecule has 0 atom stereocenters. The van der Waals surface area contributed by atoms with Crippen molar-refractivity contribution in [3.8, 4) is 17.0 Å². The van der Waals surface area contributed by atoms with Gasteiger partial charge >= 0.3 is 0 Å². The Labute approximate surface area is 154 Å². The summed E-state index contributed by atoms with van der Waals surface area (Å²) in [7, 11) is 1.63. The van der Waals surface area contributed by atoms with Crippen molar-refractivity contribution in [2.45, 2.75) is 6.42 Å². The summed E-state index contributed by atoms with van der Waals surface area (Å²) in [6.07, 6.45) is 1.07. The van der Waals surface area contributed by atoms with Crippen molar-refractivity contribution < 1.29 is 9.53 Å². The Bertz CT molecular complexity index is 950. The average Bonchev–Trinajstić information content (AvgIpc) is 2.59. The molecule has 4 rings (SSSR count). The highest BCUT2D eigenvalue weighted by Crippen LogP contribution is 2.30. The number of pyridine rings is 1. The van der Waals surface area contributed by atoms with E-state index in [0.29, 0.717) is 5.56 Å². The molecule has 0 spiro atoms. The number of benzene rings is 2. The van der Waals surface area contributed by atoms with Crippen molar-refractivity contribution in [3.05, 3.63) is 58.6 Å². The second kappa shape index (κ2) is 6.48. The molecule has 1 aromatic heterocycles. The molecule has 1 aliphatic rings. The van der Waals surface area contributed by atoms with Gasteiger partial charge in [0.1, 0.15) is 5.75 Å². The third-order valence-corrected chi connectivity index (χ3v) is 5.06. The van der Waals surface area contributed by atoms with E-state index >= 15 is 0 Å². The van der Waals surface area contributed by atoms with Gasteiger partial charge in [-0.25, -0.2) is 4.98 Å². The van der Waals surface area contributed by atoms with Crippen molar-refractivity contribution in [1.29, 1.82) is 0 Å². The molecule has 0 aliphatic carbocycles. The van der Waals surface area contributed by atoms with Gasteiger partial charge in [-0.15, -0.1) is 0 Å².